The largest absolute Gasteiger partial charge is 0.309 e. The van der Waals surface area contributed by atoms with Gasteiger partial charge in [0, 0.05) is 32.9 Å². The summed E-state index contributed by atoms with van der Waals surface area (Å²) in [6.45, 7) is 4.44. The van der Waals surface area contributed by atoms with Gasteiger partial charge in [0.1, 0.15) is 0 Å². The Kier molecular flexibility index (Phi) is 7.09. The smallest absolute Gasteiger partial charge is 0.0541 e. The van der Waals surface area contributed by atoms with Crippen molar-refractivity contribution in [3.63, 3.8) is 0 Å². The van der Waals surface area contributed by atoms with Crippen LogP contribution in [0.25, 0.3) is 110 Å². The quantitative estimate of drug-likeness (QED) is 0.159. The number of hydrogen-bond donors (Lipinski definition) is 0. The Balaban J connectivity index is 1.27. The number of aryl methyl sites for hydroxylation is 2. The SMILES string of the molecule is Cc1cc(C)cc(-c2c3cc(-n4c5ccccc5c5ccccc54)ccc3c(-c3cccc4ccccc34)c3cc(-n4c5ccccc5c5ccccc54)ccc23)c1. The lowest BCUT2D eigenvalue weighted by molar-refractivity contribution is 1.18. The van der Waals surface area contributed by atoms with Crippen LogP contribution in [0.2, 0.25) is 0 Å². The first-order valence-electron chi connectivity index (χ1n) is 20.2. The van der Waals surface area contributed by atoms with E-state index in [4.69, 9.17) is 0 Å². The van der Waals surface area contributed by atoms with Crippen molar-refractivity contribution >= 4 is 75.9 Å². The summed E-state index contributed by atoms with van der Waals surface area (Å²) in [6.07, 6.45) is 0. The molecule has 58 heavy (non-hydrogen) atoms. The number of para-hydroxylation sites is 4. The van der Waals surface area contributed by atoms with E-state index in [9.17, 15) is 0 Å². The number of aromatic nitrogens is 2. The summed E-state index contributed by atoms with van der Waals surface area (Å²) in [6, 6.07) is 72.2. The predicted octanol–water partition coefficient (Wildman–Crippen LogP) is 15.3. The van der Waals surface area contributed by atoms with Gasteiger partial charge in [-0.1, -0.05) is 157 Å². The zero-order valence-electron chi connectivity index (χ0n) is 32.4. The topological polar surface area (TPSA) is 9.86 Å². The van der Waals surface area contributed by atoms with Crippen LogP contribution in [0.5, 0.6) is 0 Å². The Bertz CT molecular complexity index is 3520. The third-order valence-corrected chi connectivity index (χ3v) is 12.3. The molecule has 0 atom stereocenters. The summed E-state index contributed by atoms with van der Waals surface area (Å²) in [5.74, 6) is 0. The maximum absolute atomic E-state index is 2.46. The zero-order chi connectivity index (χ0) is 38.5. The summed E-state index contributed by atoms with van der Waals surface area (Å²) in [7, 11) is 0. The van der Waals surface area contributed by atoms with Crippen LogP contribution in [0.3, 0.4) is 0 Å². The lowest BCUT2D eigenvalue weighted by Gasteiger charge is -2.21. The van der Waals surface area contributed by atoms with Gasteiger partial charge in [-0.05, 0) is 117 Å². The second kappa shape index (κ2) is 12.5. The summed E-state index contributed by atoms with van der Waals surface area (Å²) in [5, 5.41) is 12.5. The van der Waals surface area contributed by atoms with Crippen LogP contribution in [0.1, 0.15) is 11.1 Å². The molecule has 272 valence electrons. The number of nitrogens with zero attached hydrogens (tertiary/aromatic N) is 2. The minimum atomic E-state index is 1.15. The lowest BCUT2D eigenvalue weighted by atomic mass is 9.84. The minimum absolute atomic E-state index is 1.15. The van der Waals surface area contributed by atoms with Crippen LogP contribution in [-0.2, 0) is 0 Å². The van der Waals surface area contributed by atoms with E-state index < -0.39 is 0 Å². The van der Waals surface area contributed by atoms with Gasteiger partial charge in [0.2, 0.25) is 0 Å². The normalized spacial score (nSPS) is 12.0. The van der Waals surface area contributed by atoms with E-state index in [0.29, 0.717) is 0 Å². The van der Waals surface area contributed by atoms with Gasteiger partial charge in [0.05, 0.1) is 22.1 Å². The lowest BCUT2D eigenvalue weighted by Crippen LogP contribution is -1.98. The summed E-state index contributed by atoms with van der Waals surface area (Å²) < 4.78 is 4.89. The number of benzene rings is 10. The fourth-order valence-electron chi connectivity index (χ4n) is 10.0. The minimum Gasteiger partial charge on any atom is -0.309 e. The van der Waals surface area contributed by atoms with Crippen molar-refractivity contribution in [1.29, 1.82) is 0 Å². The number of rotatable bonds is 4. The van der Waals surface area contributed by atoms with Crippen molar-refractivity contribution in [2.75, 3.05) is 0 Å². The molecule has 0 spiro atoms. The van der Waals surface area contributed by atoms with Crippen molar-refractivity contribution in [3.05, 3.63) is 205 Å². The van der Waals surface area contributed by atoms with E-state index in [1.54, 1.807) is 0 Å². The fraction of sp³-hybridized carbons (Fsp3) is 0.0357. The highest BCUT2D eigenvalue weighted by molar-refractivity contribution is 6.24. The summed E-state index contributed by atoms with van der Waals surface area (Å²) in [5.41, 5.74) is 14.7. The van der Waals surface area contributed by atoms with Gasteiger partial charge in [-0.25, -0.2) is 0 Å². The Morgan fingerprint density at radius 1 is 0.293 bits per heavy atom. The highest BCUT2D eigenvalue weighted by atomic mass is 15.0. The van der Waals surface area contributed by atoms with Crippen LogP contribution < -0.4 is 0 Å². The maximum atomic E-state index is 2.46. The van der Waals surface area contributed by atoms with E-state index in [-0.39, 0.29) is 0 Å². The van der Waals surface area contributed by atoms with Crippen LogP contribution in [0, 0.1) is 13.8 Å². The molecule has 0 aliphatic rings. The predicted molar refractivity (Wildman–Crippen MR) is 248 cm³/mol. The van der Waals surface area contributed by atoms with Gasteiger partial charge < -0.3 is 9.13 Å². The molecule has 0 fully saturated rings. The third kappa shape index (κ3) is 4.79. The van der Waals surface area contributed by atoms with Gasteiger partial charge in [-0.2, -0.15) is 0 Å². The second-order valence-corrected chi connectivity index (χ2v) is 15.9. The molecule has 12 rings (SSSR count). The molecule has 0 aliphatic heterocycles. The fourth-order valence-corrected chi connectivity index (χ4v) is 10.0. The van der Waals surface area contributed by atoms with Gasteiger partial charge in [-0.15, -0.1) is 0 Å². The monoisotopic (exact) mass is 738 g/mol. The molecule has 0 saturated carbocycles. The Labute approximate surface area is 336 Å². The highest BCUT2D eigenvalue weighted by Crippen LogP contribution is 2.48. The van der Waals surface area contributed by atoms with Gasteiger partial charge in [-0.3, -0.25) is 0 Å². The Morgan fingerprint density at radius 3 is 1.22 bits per heavy atom. The van der Waals surface area contributed by atoms with E-state index in [1.165, 1.54) is 109 Å². The van der Waals surface area contributed by atoms with Crippen LogP contribution >= 0.6 is 0 Å². The molecule has 0 aliphatic carbocycles. The Hall–Kier alpha value is -7.42. The number of fused-ring (bicyclic) bond motifs is 9. The first-order valence-corrected chi connectivity index (χ1v) is 20.2. The molecular formula is C56H38N2. The molecule has 0 saturated heterocycles. The summed E-state index contributed by atoms with van der Waals surface area (Å²) in [4.78, 5) is 0. The van der Waals surface area contributed by atoms with Crippen LogP contribution in [-0.4, -0.2) is 9.13 Å². The molecule has 10 aromatic carbocycles. The average Bonchev–Trinajstić information content (AvgIpc) is 3.78. The maximum Gasteiger partial charge on any atom is 0.0541 e. The first kappa shape index (κ1) is 32.8. The van der Waals surface area contributed by atoms with Gasteiger partial charge in [0.25, 0.3) is 0 Å². The molecule has 0 unspecified atom stereocenters. The van der Waals surface area contributed by atoms with Gasteiger partial charge in [0.15, 0.2) is 0 Å². The van der Waals surface area contributed by atoms with E-state index in [0.717, 1.165) is 11.4 Å². The second-order valence-electron chi connectivity index (χ2n) is 15.9. The van der Waals surface area contributed by atoms with Crippen molar-refractivity contribution in [3.8, 4) is 33.6 Å². The Morgan fingerprint density at radius 2 is 0.707 bits per heavy atom. The molecule has 2 heteroatoms. The molecule has 2 aromatic heterocycles. The van der Waals surface area contributed by atoms with E-state index in [1.807, 2.05) is 0 Å². The van der Waals surface area contributed by atoms with Crippen molar-refractivity contribution < 1.29 is 0 Å². The molecular weight excluding hydrogens is 701 g/mol. The molecule has 0 N–H and O–H groups in total. The van der Waals surface area contributed by atoms with Crippen LogP contribution in [0.15, 0.2) is 194 Å². The van der Waals surface area contributed by atoms with E-state index in [2.05, 4.69) is 217 Å². The summed E-state index contributed by atoms with van der Waals surface area (Å²) >= 11 is 0. The molecule has 12 aromatic rings. The standard InChI is InChI=1S/C56H38N2/c1-35-30-36(2)32-38(31-35)55-47-28-26-40(58-53-24-11-7-19-44(53)45-20-8-12-25-54(45)58)34-50(47)56(46-21-13-15-37-14-3-4-16-41(37)46)48-29-27-39(33-49(48)55)57-51-22-9-5-17-42(51)43-18-6-10-23-52(43)57/h3-34H,1-2H3. The highest BCUT2D eigenvalue weighted by Gasteiger charge is 2.22. The molecule has 0 bridgehead atoms. The van der Waals surface area contributed by atoms with Crippen molar-refractivity contribution in [1.82, 2.24) is 9.13 Å². The zero-order valence-corrected chi connectivity index (χ0v) is 32.4. The van der Waals surface area contributed by atoms with Crippen molar-refractivity contribution in [2.45, 2.75) is 13.8 Å². The van der Waals surface area contributed by atoms with Crippen LogP contribution in [0.4, 0.5) is 0 Å². The first-order chi connectivity index (χ1) is 28.6. The molecule has 2 heterocycles. The van der Waals surface area contributed by atoms with Crippen molar-refractivity contribution in [2.24, 2.45) is 0 Å². The molecule has 2 nitrogen and oxygen atoms in total. The van der Waals surface area contributed by atoms with Gasteiger partial charge >= 0.3 is 0 Å². The average molecular weight is 739 g/mol. The van der Waals surface area contributed by atoms with E-state index >= 15 is 0 Å². The molecule has 0 radical (unpaired) electrons. The third-order valence-electron chi connectivity index (χ3n) is 12.3. The molecule has 0 amide bonds. The number of hydrogen-bond acceptors (Lipinski definition) is 0.